The topological polar surface area (TPSA) is 66.8 Å². The Kier molecular flexibility index (Phi) is 6.74. The van der Waals surface area contributed by atoms with Gasteiger partial charge in [0.15, 0.2) is 0 Å². The number of nitrogens with zero attached hydrogens (tertiary/aromatic N) is 1. The van der Waals surface area contributed by atoms with Gasteiger partial charge in [-0.25, -0.2) is 4.39 Å². The smallest absolute Gasteiger partial charge is 0.300 e. The summed E-state index contributed by atoms with van der Waals surface area (Å²) in [5, 5.41) is 11.1. The van der Waals surface area contributed by atoms with Gasteiger partial charge < -0.3 is 9.84 Å². The molecule has 0 bridgehead atoms. The molecule has 1 aliphatic rings. The van der Waals surface area contributed by atoms with Gasteiger partial charge in [0, 0.05) is 11.3 Å². The minimum Gasteiger partial charge on any atom is -0.507 e. The number of ether oxygens (including phenoxy) is 1. The molecule has 0 aliphatic carbocycles. The van der Waals surface area contributed by atoms with E-state index in [9.17, 15) is 19.1 Å². The van der Waals surface area contributed by atoms with Crippen molar-refractivity contribution in [3.05, 3.63) is 101 Å². The predicted molar refractivity (Wildman–Crippen MR) is 134 cm³/mol. The SMILES string of the molecule is CC(C)Oc1ccc(C2/C(=C(\O)c3ccc(F)cc3)C(=O)C(=O)N2c2ccc(C(C)C)cc2)cc1. The molecular formula is C29H28FNO4. The predicted octanol–water partition coefficient (Wildman–Crippen LogP) is 6.36. The Hall–Kier alpha value is -3.93. The van der Waals surface area contributed by atoms with Crippen molar-refractivity contribution in [1.82, 2.24) is 0 Å². The summed E-state index contributed by atoms with van der Waals surface area (Å²) in [5.74, 6) is -1.39. The molecule has 1 heterocycles. The molecule has 3 aromatic carbocycles. The number of aliphatic hydroxyl groups is 1. The van der Waals surface area contributed by atoms with Crippen molar-refractivity contribution in [3.8, 4) is 5.75 Å². The van der Waals surface area contributed by atoms with Gasteiger partial charge in [-0.2, -0.15) is 0 Å². The Balaban J connectivity index is 1.86. The zero-order valence-electron chi connectivity index (χ0n) is 20.2. The fourth-order valence-corrected chi connectivity index (χ4v) is 4.20. The normalized spacial score (nSPS) is 17.5. The number of hydrogen-bond acceptors (Lipinski definition) is 4. The Morgan fingerprint density at radius 3 is 2.03 bits per heavy atom. The highest BCUT2D eigenvalue weighted by Crippen LogP contribution is 2.42. The summed E-state index contributed by atoms with van der Waals surface area (Å²) in [6, 6.07) is 18.9. The van der Waals surface area contributed by atoms with Crippen molar-refractivity contribution in [2.45, 2.75) is 45.8 Å². The number of hydrogen-bond donors (Lipinski definition) is 1. The summed E-state index contributed by atoms with van der Waals surface area (Å²) in [6.07, 6.45) is -0.00978. The van der Waals surface area contributed by atoms with Gasteiger partial charge in [0.1, 0.15) is 17.3 Å². The second kappa shape index (κ2) is 9.74. The number of anilines is 1. The Bertz CT molecular complexity index is 1260. The lowest BCUT2D eigenvalue weighted by molar-refractivity contribution is -0.132. The van der Waals surface area contributed by atoms with Gasteiger partial charge in [0.05, 0.1) is 17.7 Å². The molecular weight excluding hydrogens is 445 g/mol. The average molecular weight is 474 g/mol. The third-order valence-electron chi connectivity index (χ3n) is 5.97. The van der Waals surface area contributed by atoms with E-state index in [4.69, 9.17) is 4.74 Å². The first-order valence-electron chi connectivity index (χ1n) is 11.6. The summed E-state index contributed by atoms with van der Waals surface area (Å²) < 4.78 is 19.2. The zero-order chi connectivity index (χ0) is 25.3. The van der Waals surface area contributed by atoms with Gasteiger partial charge in [-0.3, -0.25) is 14.5 Å². The highest BCUT2D eigenvalue weighted by atomic mass is 19.1. The molecule has 0 spiro atoms. The molecule has 0 saturated carbocycles. The van der Waals surface area contributed by atoms with E-state index in [0.717, 1.165) is 5.56 Å². The van der Waals surface area contributed by atoms with Crippen molar-refractivity contribution in [1.29, 1.82) is 0 Å². The molecule has 180 valence electrons. The molecule has 4 rings (SSSR count). The van der Waals surface area contributed by atoms with Gasteiger partial charge in [0.25, 0.3) is 11.7 Å². The molecule has 1 unspecified atom stereocenters. The number of benzene rings is 3. The number of aliphatic hydroxyl groups excluding tert-OH is 1. The third kappa shape index (κ3) is 4.83. The van der Waals surface area contributed by atoms with Gasteiger partial charge >= 0.3 is 0 Å². The zero-order valence-corrected chi connectivity index (χ0v) is 20.2. The number of ketones is 1. The van der Waals surface area contributed by atoms with Gasteiger partial charge in [-0.15, -0.1) is 0 Å². The first-order valence-corrected chi connectivity index (χ1v) is 11.6. The monoisotopic (exact) mass is 473 g/mol. The van der Waals surface area contributed by atoms with Crippen LogP contribution in [0.15, 0.2) is 78.4 Å². The lowest BCUT2D eigenvalue weighted by Crippen LogP contribution is -2.29. The van der Waals surface area contributed by atoms with Gasteiger partial charge in [-0.1, -0.05) is 38.1 Å². The second-order valence-corrected chi connectivity index (χ2v) is 9.16. The largest absolute Gasteiger partial charge is 0.507 e. The summed E-state index contributed by atoms with van der Waals surface area (Å²) in [5.41, 5.74) is 2.49. The van der Waals surface area contributed by atoms with E-state index in [1.54, 1.807) is 24.3 Å². The number of Topliss-reactive ketones (excluding diaryl/α,β-unsaturated/α-hetero) is 1. The van der Waals surface area contributed by atoms with Crippen molar-refractivity contribution >= 4 is 23.1 Å². The van der Waals surface area contributed by atoms with Crippen LogP contribution in [0.5, 0.6) is 5.75 Å². The van der Waals surface area contributed by atoms with Crippen LogP contribution in [0.2, 0.25) is 0 Å². The highest BCUT2D eigenvalue weighted by Gasteiger charge is 2.47. The lowest BCUT2D eigenvalue weighted by atomic mass is 9.95. The van der Waals surface area contributed by atoms with E-state index in [0.29, 0.717) is 22.9 Å². The van der Waals surface area contributed by atoms with Crippen molar-refractivity contribution < 1.29 is 23.8 Å². The summed E-state index contributed by atoms with van der Waals surface area (Å²) >= 11 is 0. The van der Waals surface area contributed by atoms with Crippen LogP contribution in [0, 0.1) is 5.82 Å². The lowest BCUT2D eigenvalue weighted by Gasteiger charge is -2.26. The van der Waals surface area contributed by atoms with E-state index in [1.807, 2.05) is 38.1 Å². The van der Waals surface area contributed by atoms with Crippen LogP contribution in [0.25, 0.3) is 5.76 Å². The first kappa shape index (κ1) is 24.2. The van der Waals surface area contributed by atoms with Crippen LogP contribution in [-0.4, -0.2) is 22.9 Å². The Morgan fingerprint density at radius 2 is 1.49 bits per heavy atom. The molecule has 1 N–H and O–H groups in total. The van der Waals surface area contributed by atoms with Crippen LogP contribution in [0.4, 0.5) is 10.1 Å². The standard InChI is InChI=1S/C29H28FNO4/c1-17(2)19-7-13-23(14-8-19)31-26(20-9-15-24(16-10-20)35-18(3)4)25(28(33)29(31)34)27(32)21-5-11-22(30)12-6-21/h5-18,26,32H,1-4H3/b27-25+. The molecule has 6 heteroatoms. The van der Waals surface area contributed by atoms with Crippen molar-refractivity contribution in [3.63, 3.8) is 0 Å². The van der Waals surface area contributed by atoms with Crippen molar-refractivity contribution in [2.75, 3.05) is 4.90 Å². The third-order valence-corrected chi connectivity index (χ3v) is 5.97. The fraction of sp³-hybridized carbons (Fsp3) is 0.241. The number of rotatable bonds is 6. The quantitative estimate of drug-likeness (QED) is 0.257. The van der Waals surface area contributed by atoms with E-state index < -0.39 is 23.5 Å². The van der Waals surface area contributed by atoms with Gasteiger partial charge in [0.2, 0.25) is 0 Å². The highest BCUT2D eigenvalue weighted by molar-refractivity contribution is 6.51. The minimum absolute atomic E-state index is 0.00978. The molecule has 35 heavy (non-hydrogen) atoms. The molecule has 0 aromatic heterocycles. The fourth-order valence-electron chi connectivity index (χ4n) is 4.20. The van der Waals surface area contributed by atoms with Crippen LogP contribution < -0.4 is 9.64 Å². The molecule has 1 fully saturated rings. The molecule has 1 aliphatic heterocycles. The maximum atomic E-state index is 13.5. The van der Waals surface area contributed by atoms with E-state index >= 15 is 0 Å². The molecule has 1 atom stereocenters. The van der Waals surface area contributed by atoms with Crippen molar-refractivity contribution in [2.24, 2.45) is 0 Å². The number of carbonyl (C=O) groups excluding carboxylic acids is 2. The Morgan fingerprint density at radius 1 is 0.886 bits per heavy atom. The number of carbonyl (C=O) groups is 2. The molecule has 0 radical (unpaired) electrons. The molecule has 1 saturated heterocycles. The summed E-state index contributed by atoms with van der Waals surface area (Å²) in [7, 11) is 0. The van der Waals surface area contributed by atoms with E-state index in [2.05, 4.69) is 13.8 Å². The maximum absolute atomic E-state index is 13.5. The van der Waals surface area contributed by atoms with Gasteiger partial charge in [-0.05, 0) is 79.4 Å². The van der Waals surface area contributed by atoms with E-state index in [-0.39, 0.29) is 23.0 Å². The summed E-state index contributed by atoms with van der Waals surface area (Å²) in [4.78, 5) is 27.9. The molecule has 3 aromatic rings. The first-order chi connectivity index (χ1) is 16.7. The van der Waals surface area contributed by atoms with E-state index in [1.165, 1.54) is 29.2 Å². The van der Waals surface area contributed by atoms with Crippen LogP contribution in [-0.2, 0) is 9.59 Å². The van der Waals surface area contributed by atoms with Crippen LogP contribution in [0.1, 0.15) is 56.3 Å². The number of amides is 1. The number of halogens is 1. The second-order valence-electron chi connectivity index (χ2n) is 9.16. The average Bonchev–Trinajstić information content (AvgIpc) is 3.09. The summed E-state index contributed by atoms with van der Waals surface area (Å²) in [6.45, 7) is 7.99. The maximum Gasteiger partial charge on any atom is 0.300 e. The molecule has 5 nitrogen and oxygen atoms in total. The Labute approximate surface area is 204 Å². The minimum atomic E-state index is -0.863. The van der Waals surface area contributed by atoms with Crippen LogP contribution >= 0.6 is 0 Å². The molecule has 1 amide bonds. The van der Waals surface area contributed by atoms with Crippen LogP contribution in [0.3, 0.4) is 0 Å².